The molecule has 94 valence electrons. The van der Waals surface area contributed by atoms with Gasteiger partial charge in [0, 0.05) is 7.11 Å². The van der Waals surface area contributed by atoms with Gasteiger partial charge in [-0.25, -0.2) is 0 Å². The molecule has 0 spiro atoms. The van der Waals surface area contributed by atoms with Crippen molar-refractivity contribution < 1.29 is 14.6 Å². The topological polar surface area (TPSA) is 49.8 Å². The Hall–Kier alpha value is -1.39. The molecule has 0 saturated heterocycles. The highest BCUT2D eigenvalue weighted by Gasteiger charge is 2.18. The Morgan fingerprint density at radius 2 is 2.18 bits per heavy atom. The van der Waals surface area contributed by atoms with Crippen molar-refractivity contribution >= 4 is 11.6 Å². The number of benzene rings is 1. The van der Waals surface area contributed by atoms with Gasteiger partial charge in [-0.2, -0.15) is 0 Å². The molecule has 0 aliphatic carbocycles. The van der Waals surface area contributed by atoms with Crippen LogP contribution in [0, 0.1) is 6.92 Å². The van der Waals surface area contributed by atoms with Crippen molar-refractivity contribution in [1.82, 2.24) is 0 Å². The smallest absolute Gasteiger partial charge is 0.254 e. The quantitative estimate of drug-likeness (QED) is 0.789. The summed E-state index contributed by atoms with van der Waals surface area (Å²) in [4.78, 5) is 13.2. The van der Waals surface area contributed by atoms with Crippen LogP contribution in [-0.2, 0) is 16.0 Å². The van der Waals surface area contributed by atoms with Gasteiger partial charge in [0.25, 0.3) is 5.91 Å². The third-order valence-corrected chi connectivity index (χ3v) is 2.67. The molecule has 17 heavy (non-hydrogen) atoms. The average Bonchev–Trinajstić information content (AvgIpc) is 2.35. The van der Waals surface area contributed by atoms with E-state index in [1.807, 2.05) is 32.0 Å². The molecule has 0 saturated carbocycles. The van der Waals surface area contributed by atoms with Crippen molar-refractivity contribution in [3.05, 3.63) is 29.3 Å². The molecule has 0 bridgehead atoms. The minimum atomic E-state index is -0.513. The summed E-state index contributed by atoms with van der Waals surface area (Å²) < 4.78 is 5.03. The Morgan fingerprint density at radius 3 is 2.71 bits per heavy atom. The molecule has 0 aliphatic heterocycles. The second-order valence-corrected chi connectivity index (χ2v) is 3.83. The zero-order valence-electron chi connectivity index (χ0n) is 10.6. The minimum absolute atomic E-state index is 0.150. The number of hydrogen-bond donors (Lipinski definition) is 1. The number of carbonyl (C=O) groups is 1. The van der Waals surface area contributed by atoms with E-state index in [9.17, 15) is 4.79 Å². The highest BCUT2D eigenvalue weighted by atomic mass is 16.5. The second kappa shape index (κ2) is 6.37. The first-order valence-electron chi connectivity index (χ1n) is 5.64. The van der Waals surface area contributed by atoms with E-state index in [0.717, 1.165) is 23.2 Å². The van der Waals surface area contributed by atoms with Crippen LogP contribution in [0.3, 0.4) is 0 Å². The van der Waals surface area contributed by atoms with E-state index < -0.39 is 6.61 Å². The number of hydrogen-bond acceptors (Lipinski definition) is 3. The number of aliphatic hydroxyl groups is 1. The van der Waals surface area contributed by atoms with Crippen LogP contribution in [0.25, 0.3) is 0 Å². The van der Waals surface area contributed by atoms with E-state index in [2.05, 4.69) is 0 Å². The lowest BCUT2D eigenvalue weighted by Crippen LogP contribution is -2.36. The Bertz CT molecular complexity index is 390. The maximum absolute atomic E-state index is 11.7. The van der Waals surface area contributed by atoms with Crippen LogP contribution in [-0.4, -0.2) is 31.5 Å². The van der Waals surface area contributed by atoms with Gasteiger partial charge in [0.2, 0.25) is 0 Å². The van der Waals surface area contributed by atoms with Gasteiger partial charge in [0.15, 0.2) is 0 Å². The van der Waals surface area contributed by atoms with Crippen molar-refractivity contribution in [2.24, 2.45) is 0 Å². The van der Waals surface area contributed by atoms with E-state index in [1.54, 1.807) is 0 Å². The molecule has 4 heteroatoms. The van der Waals surface area contributed by atoms with Crippen LogP contribution in [0.2, 0.25) is 0 Å². The second-order valence-electron chi connectivity index (χ2n) is 3.83. The standard InChI is InChI=1S/C13H19NO3/c1-4-11-7-5-6-10(2)13(11)14(9-17-3)12(16)8-15/h5-7,15H,4,8-9H2,1-3H3. The molecular formula is C13H19NO3. The average molecular weight is 237 g/mol. The van der Waals surface area contributed by atoms with Crippen molar-refractivity contribution in [3.63, 3.8) is 0 Å². The number of methoxy groups -OCH3 is 1. The Morgan fingerprint density at radius 1 is 1.47 bits per heavy atom. The first-order chi connectivity index (χ1) is 8.15. The summed E-state index contributed by atoms with van der Waals surface area (Å²) in [7, 11) is 1.53. The molecular weight excluding hydrogens is 218 g/mol. The summed E-state index contributed by atoms with van der Waals surface area (Å²) in [5.74, 6) is -0.351. The first kappa shape index (κ1) is 13.7. The molecule has 0 fully saturated rings. The lowest BCUT2D eigenvalue weighted by atomic mass is 10.0. The molecule has 1 amide bonds. The summed E-state index contributed by atoms with van der Waals surface area (Å²) in [6.07, 6.45) is 0.829. The van der Waals surface area contributed by atoms with E-state index >= 15 is 0 Å². The van der Waals surface area contributed by atoms with Crippen molar-refractivity contribution in [3.8, 4) is 0 Å². The van der Waals surface area contributed by atoms with E-state index in [-0.39, 0.29) is 12.6 Å². The number of rotatable bonds is 5. The Labute approximate surface area is 102 Å². The number of para-hydroxylation sites is 1. The number of anilines is 1. The number of aliphatic hydroxyl groups excluding tert-OH is 1. The fourth-order valence-corrected chi connectivity index (χ4v) is 1.87. The van der Waals surface area contributed by atoms with Crippen molar-refractivity contribution in [2.75, 3.05) is 25.3 Å². The molecule has 0 unspecified atom stereocenters. The van der Waals surface area contributed by atoms with Gasteiger partial charge in [-0.1, -0.05) is 25.1 Å². The zero-order chi connectivity index (χ0) is 12.8. The predicted molar refractivity (Wildman–Crippen MR) is 67.0 cm³/mol. The van der Waals surface area contributed by atoms with Crippen LogP contribution in [0.15, 0.2) is 18.2 Å². The fourth-order valence-electron chi connectivity index (χ4n) is 1.87. The summed E-state index contributed by atoms with van der Waals surface area (Å²) in [5.41, 5.74) is 2.92. The molecule has 0 aromatic heterocycles. The summed E-state index contributed by atoms with van der Waals surface area (Å²) >= 11 is 0. The lowest BCUT2D eigenvalue weighted by molar-refractivity contribution is -0.122. The molecule has 4 nitrogen and oxygen atoms in total. The summed E-state index contributed by atoms with van der Waals surface area (Å²) in [5, 5.41) is 9.00. The maximum Gasteiger partial charge on any atom is 0.254 e. The fraction of sp³-hybridized carbons (Fsp3) is 0.462. The van der Waals surface area contributed by atoms with Crippen molar-refractivity contribution in [2.45, 2.75) is 20.3 Å². The SMILES string of the molecule is CCc1cccc(C)c1N(COC)C(=O)CO. The molecule has 0 atom stereocenters. The van der Waals surface area contributed by atoms with E-state index in [4.69, 9.17) is 9.84 Å². The largest absolute Gasteiger partial charge is 0.387 e. The number of nitrogens with zero attached hydrogens (tertiary/aromatic N) is 1. The van der Waals surface area contributed by atoms with Crippen LogP contribution in [0.1, 0.15) is 18.1 Å². The third kappa shape index (κ3) is 3.05. The number of amides is 1. The summed E-state index contributed by atoms with van der Waals surface area (Å²) in [6, 6.07) is 5.89. The van der Waals surface area contributed by atoms with E-state index in [0.29, 0.717) is 0 Å². The molecule has 1 N–H and O–H groups in total. The molecule has 1 aromatic carbocycles. The molecule has 1 aromatic rings. The first-order valence-corrected chi connectivity index (χ1v) is 5.64. The predicted octanol–water partition coefficient (Wildman–Crippen LogP) is 1.49. The molecule has 1 rings (SSSR count). The van der Waals surface area contributed by atoms with Gasteiger partial charge in [-0.15, -0.1) is 0 Å². The molecule has 0 radical (unpaired) electrons. The minimum Gasteiger partial charge on any atom is -0.387 e. The van der Waals surface area contributed by atoms with E-state index in [1.165, 1.54) is 12.0 Å². The van der Waals surface area contributed by atoms with Crippen LogP contribution < -0.4 is 4.90 Å². The zero-order valence-corrected chi connectivity index (χ0v) is 10.6. The highest BCUT2D eigenvalue weighted by Crippen LogP contribution is 2.25. The van der Waals surface area contributed by atoms with Crippen LogP contribution >= 0.6 is 0 Å². The molecule has 0 aliphatic rings. The Balaban J connectivity index is 3.21. The normalized spacial score (nSPS) is 10.4. The van der Waals surface area contributed by atoms with Crippen LogP contribution in [0.5, 0.6) is 0 Å². The Kier molecular flexibility index (Phi) is 5.12. The lowest BCUT2D eigenvalue weighted by Gasteiger charge is -2.25. The van der Waals surface area contributed by atoms with Crippen molar-refractivity contribution in [1.29, 1.82) is 0 Å². The number of ether oxygens (including phenoxy) is 1. The summed E-state index contributed by atoms with van der Waals surface area (Å²) in [6.45, 7) is 3.62. The number of aryl methyl sites for hydroxylation is 2. The van der Waals surface area contributed by atoms with Gasteiger partial charge in [0.05, 0.1) is 5.69 Å². The maximum atomic E-state index is 11.7. The monoisotopic (exact) mass is 237 g/mol. The van der Waals surface area contributed by atoms with Gasteiger partial charge in [-0.3, -0.25) is 9.69 Å². The highest BCUT2D eigenvalue weighted by molar-refractivity contribution is 5.95. The third-order valence-electron chi connectivity index (χ3n) is 2.67. The van der Waals surface area contributed by atoms with Gasteiger partial charge >= 0.3 is 0 Å². The van der Waals surface area contributed by atoms with Crippen LogP contribution in [0.4, 0.5) is 5.69 Å². The number of carbonyl (C=O) groups excluding carboxylic acids is 1. The van der Waals surface area contributed by atoms with Gasteiger partial charge < -0.3 is 9.84 Å². The van der Waals surface area contributed by atoms with Gasteiger partial charge in [0.1, 0.15) is 13.3 Å². The van der Waals surface area contributed by atoms with Gasteiger partial charge in [-0.05, 0) is 24.5 Å². The molecule has 0 heterocycles.